The highest BCUT2D eigenvalue weighted by molar-refractivity contribution is 6.15. The molecule has 1 N–H and O–H groups in total. The molecule has 5 rings (SSSR count). The van der Waals surface area contributed by atoms with Gasteiger partial charge in [-0.25, -0.2) is 4.39 Å². The lowest BCUT2D eigenvalue weighted by molar-refractivity contribution is 0.0507. The van der Waals surface area contributed by atoms with Gasteiger partial charge in [0, 0.05) is 17.0 Å². The monoisotopic (exact) mass is 489 g/mol. The third-order valence-corrected chi connectivity index (χ3v) is 6.48. The summed E-state index contributed by atoms with van der Waals surface area (Å²) in [6, 6.07) is 14.3. The Morgan fingerprint density at radius 3 is 2.50 bits per heavy atom. The van der Waals surface area contributed by atoms with E-state index < -0.39 is 11.5 Å². The highest BCUT2D eigenvalue weighted by Crippen LogP contribution is 2.44. The molecule has 7 nitrogen and oxygen atoms in total. The smallest absolute Gasteiger partial charge is 0.291 e. The average molecular weight is 489 g/mol. The molecule has 0 spiro atoms. The van der Waals surface area contributed by atoms with E-state index in [2.05, 4.69) is 5.32 Å². The third-order valence-electron chi connectivity index (χ3n) is 6.48. The topological polar surface area (TPSA) is 87.0 Å². The zero-order valence-electron chi connectivity index (χ0n) is 20.2. The summed E-state index contributed by atoms with van der Waals surface area (Å²) in [5.74, 6) is 0.451. The van der Waals surface area contributed by atoms with Crippen molar-refractivity contribution < 1.29 is 32.6 Å². The molecule has 2 heterocycles. The summed E-state index contributed by atoms with van der Waals surface area (Å²) in [4.78, 5) is 26.6. The van der Waals surface area contributed by atoms with Gasteiger partial charge in [0.15, 0.2) is 11.5 Å². The number of furan rings is 1. The molecule has 1 aliphatic heterocycles. The Hall–Kier alpha value is -4.33. The largest absolute Gasteiger partial charge is 0.497 e. The van der Waals surface area contributed by atoms with Gasteiger partial charge in [0.2, 0.25) is 0 Å². The van der Waals surface area contributed by atoms with Crippen LogP contribution < -0.4 is 19.5 Å². The molecule has 0 fully saturated rings. The molecule has 0 bridgehead atoms. The Labute approximate surface area is 206 Å². The van der Waals surface area contributed by atoms with E-state index in [1.165, 1.54) is 26.4 Å². The average Bonchev–Trinajstić information content (AvgIpc) is 3.20. The molecule has 1 aromatic heterocycles. The van der Waals surface area contributed by atoms with Gasteiger partial charge in [0.25, 0.3) is 5.91 Å². The minimum atomic E-state index is -0.952. The second-order valence-electron chi connectivity index (χ2n) is 8.83. The minimum absolute atomic E-state index is 0.0535. The molecule has 3 aromatic carbocycles. The van der Waals surface area contributed by atoms with Gasteiger partial charge in [-0.3, -0.25) is 9.59 Å². The zero-order valence-corrected chi connectivity index (χ0v) is 20.2. The van der Waals surface area contributed by atoms with Crippen molar-refractivity contribution in [1.29, 1.82) is 0 Å². The zero-order chi connectivity index (χ0) is 25.6. The number of carbonyl (C=O) groups is 2. The summed E-state index contributed by atoms with van der Waals surface area (Å²) in [6.07, 6.45) is 0.0535. The number of aryl methyl sites for hydroxylation is 1. The number of ketones is 1. The van der Waals surface area contributed by atoms with Crippen LogP contribution in [0.25, 0.3) is 11.0 Å². The fourth-order valence-electron chi connectivity index (χ4n) is 4.63. The van der Waals surface area contributed by atoms with E-state index >= 15 is 0 Å². The standard InChI is InChI=1S/C28H24FNO6/c1-15-24-22(35-26(15)27(32)30-19-13-18(33-3)9-10-21(19)34-4)11-12-23-25(24)20(31)14-28(2,36-23)16-5-7-17(29)8-6-16/h5-13H,14H2,1-4H3,(H,30,32)/t28-/m1/s1. The number of benzene rings is 3. The lowest BCUT2D eigenvalue weighted by Crippen LogP contribution is -2.36. The van der Waals surface area contributed by atoms with Crippen LogP contribution in [0.1, 0.15) is 45.4 Å². The molecule has 4 aromatic rings. The first-order valence-electron chi connectivity index (χ1n) is 11.3. The Balaban J connectivity index is 1.53. The second kappa shape index (κ2) is 8.71. The van der Waals surface area contributed by atoms with Gasteiger partial charge in [-0.15, -0.1) is 0 Å². The Kier molecular flexibility index (Phi) is 5.67. The maximum absolute atomic E-state index is 13.4. The van der Waals surface area contributed by atoms with Gasteiger partial charge in [-0.2, -0.15) is 0 Å². The van der Waals surface area contributed by atoms with Gasteiger partial charge in [-0.05, 0) is 55.8 Å². The molecular weight excluding hydrogens is 465 g/mol. The molecule has 0 saturated heterocycles. The molecule has 0 saturated carbocycles. The van der Waals surface area contributed by atoms with Crippen LogP contribution in [0.4, 0.5) is 10.1 Å². The summed E-state index contributed by atoms with van der Waals surface area (Å²) >= 11 is 0. The second-order valence-corrected chi connectivity index (χ2v) is 8.83. The van der Waals surface area contributed by atoms with Crippen molar-refractivity contribution in [1.82, 2.24) is 0 Å². The van der Waals surface area contributed by atoms with Crippen LogP contribution in [0.3, 0.4) is 0 Å². The number of ether oxygens (including phenoxy) is 3. The van der Waals surface area contributed by atoms with E-state index in [1.807, 2.05) is 0 Å². The van der Waals surface area contributed by atoms with Crippen LogP contribution in [0.15, 0.2) is 59.0 Å². The number of amides is 1. The van der Waals surface area contributed by atoms with E-state index in [4.69, 9.17) is 18.6 Å². The van der Waals surface area contributed by atoms with Crippen LogP contribution in [0, 0.1) is 12.7 Å². The van der Waals surface area contributed by atoms with Crippen molar-refractivity contribution in [2.24, 2.45) is 0 Å². The van der Waals surface area contributed by atoms with E-state index in [0.717, 1.165) is 0 Å². The highest BCUT2D eigenvalue weighted by atomic mass is 19.1. The number of hydrogen-bond donors (Lipinski definition) is 1. The molecule has 184 valence electrons. The lowest BCUT2D eigenvalue weighted by Gasteiger charge is -2.35. The summed E-state index contributed by atoms with van der Waals surface area (Å²) in [5.41, 5.74) is 1.44. The molecule has 1 atom stereocenters. The number of Topliss-reactive ketones (excluding diaryl/α,β-unsaturated/α-hetero) is 1. The van der Waals surface area contributed by atoms with Crippen LogP contribution in [0.5, 0.6) is 17.2 Å². The molecule has 0 unspecified atom stereocenters. The summed E-state index contributed by atoms with van der Waals surface area (Å²) < 4.78 is 36.2. The fourth-order valence-corrected chi connectivity index (χ4v) is 4.63. The number of fused-ring (bicyclic) bond motifs is 3. The van der Waals surface area contributed by atoms with Gasteiger partial charge in [0.05, 0.1) is 31.9 Å². The van der Waals surface area contributed by atoms with Crippen LogP contribution in [0.2, 0.25) is 0 Å². The number of carbonyl (C=O) groups excluding carboxylic acids is 2. The first kappa shape index (κ1) is 23.4. The van der Waals surface area contributed by atoms with E-state index in [9.17, 15) is 14.0 Å². The number of hydrogen-bond acceptors (Lipinski definition) is 6. The molecule has 0 radical (unpaired) electrons. The first-order chi connectivity index (χ1) is 17.2. The molecule has 1 aliphatic rings. The highest BCUT2D eigenvalue weighted by Gasteiger charge is 2.40. The van der Waals surface area contributed by atoms with Gasteiger partial charge < -0.3 is 23.9 Å². The summed E-state index contributed by atoms with van der Waals surface area (Å²) in [7, 11) is 3.03. The van der Waals surface area contributed by atoms with Crippen molar-refractivity contribution >= 4 is 28.3 Å². The first-order valence-corrected chi connectivity index (χ1v) is 11.3. The summed E-state index contributed by atoms with van der Waals surface area (Å²) in [6.45, 7) is 3.53. The van der Waals surface area contributed by atoms with E-state index in [0.29, 0.717) is 50.6 Å². The van der Waals surface area contributed by atoms with E-state index in [-0.39, 0.29) is 23.8 Å². The maximum atomic E-state index is 13.4. The number of methoxy groups -OCH3 is 2. The number of anilines is 1. The van der Waals surface area contributed by atoms with Crippen molar-refractivity contribution in [2.75, 3.05) is 19.5 Å². The Bertz CT molecular complexity index is 1510. The molecule has 0 aliphatic carbocycles. The minimum Gasteiger partial charge on any atom is -0.497 e. The Morgan fingerprint density at radius 2 is 1.81 bits per heavy atom. The van der Waals surface area contributed by atoms with Crippen LogP contribution in [-0.4, -0.2) is 25.9 Å². The summed E-state index contributed by atoms with van der Waals surface area (Å²) in [5, 5.41) is 3.33. The van der Waals surface area contributed by atoms with Gasteiger partial charge in [0.1, 0.15) is 34.2 Å². The number of rotatable bonds is 5. The quantitative estimate of drug-likeness (QED) is 0.368. The van der Waals surface area contributed by atoms with Crippen molar-refractivity contribution in [3.63, 3.8) is 0 Å². The normalized spacial score (nSPS) is 16.9. The van der Waals surface area contributed by atoms with E-state index in [1.54, 1.807) is 56.3 Å². The maximum Gasteiger partial charge on any atom is 0.291 e. The Morgan fingerprint density at radius 1 is 1.06 bits per heavy atom. The lowest BCUT2D eigenvalue weighted by atomic mass is 9.84. The third kappa shape index (κ3) is 3.84. The van der Waals surface area contributed by atoms with Gasteiger partial charge >= 0.3 is 0 Å². The number of nitrogens with one attached hydrogen (secondary N) is 1. The SMILES string of the molecule is COc1ccc(OC)c(NC(=O)c2oc3ccc4c(c3c2C)C(=O)C[C@](C)(c2ccc(F)cc2)O4)c1. The number of halogens is 1. The fraction of sp³-hybridized carbons (Fsp3) is 0.214. The van der Waals surface area contributed by atoms with Crippen molar-refractivity contribution in [3.8, 4) is 17.2 Å². The molecule has 1 amide bonds. The van der Waals surface area contributed by atoms with Crippen molar-refractivity contribution in [2.45, 2.75) is 25.9 Å². The van der Waals surface area contributed by atoms with Crippen LogP contribution >= 0.6 is 0 Å². The predicted molar refractivity (Wildman–Crippen MR) is 132 cm³/mol. The van der Waals surface area contributed by atoms with Crippen molar-refractivity contribution in [3.05, 3.63) is 82.9 Å². The molecule has 8 heteroatoms. The molecular formula is C28H24FNO6. The van der Waals surface area contributed by atoms with Gasteiger partial charge in [-0.1, -0.05) is 12.1 Å². The molecule has 36 heavy (non-hydrogen) atoms. The predicted octanol–water partition coefficient (Wildman–Crippen LogP) is 6.03. The van der Waals surface area contributed by atoms with Crippen LogP contribution in [-0.2, 0) is 5.60 Å².